The molecule has 34 heavy (non-hydrogen) atoms. The van der Waals surface area contributed by atoms with Crippen LogP contribution in [0.4, 0.5) is 5.69 Å². The fraction of sp³-hybridized carbons (Fsp3) is 0.333. The number of hydrogen-bond acceptors (Lipinski definition) is 5. The van der Waals surface area contributed by atoms with Crippen LogP contribution in [0.1, 0.15) is 31.7 Å². The van der Waals surface area contributed by atoms with Crippen molar-refractivity contribution < 1.29 is 23.9 Å². The molecule has 3 aliphatic rings. The molecule has 2 aromatic rings. The maximum absolute atomic E-state index is 12.9. The van der Waals surface area contributed by atoms with E-state index in [9.17, 15) is 19.2 Å². The van der Waals surface area contributed by atoms with Gasteiger partial charge in [0.1, 0.15) is 5.75 Å². The molecule has 7 heteroatoms. The van der Waals surface area contributed by atoms with E-state index in [2.05, 4.69) is 0 Å². The molecule has 5 rings (SSSR count). The summed E-state index contributed by atoms with van der Waals surface area (Å²) >= 11 is 0. The number of rotatable bonds is 5. The molecular weight excluding hydrogens is 432 g/mol. The SMILES string of the molecule is CC1=CC[C@@H]2C(=O)N(c3ccc(OC(=O)[C@H]4CC(=O)N(Cc5ccccc5)C4)cc3)C(=O)[C@@H]2C1. The van der Waals surface area contributed by atoms with Gasteiger partial charge in [-0.15, -0.1) is 0 Å². The van der Waals surface area contributed by atoms with Crippen molar-refractivity contribution in [2.45, 2.75) is 32.7 Å². The number of allylic oxidation sites excluding steroid dienone is 2. The van der Waals surface area contributed by atoms with E-state index in [1.807, 2.05) is 43.3 Å². The molecule has 7 nitrogen and oxygen atoms in total. The summed E-state index contributed by atoms with van der Waals surface area (Å²) in [7, 11) is 0. The summed E-state index contributed by atoms with van der Waals surface area (Å²) in [4.78, 5) is 53.7. The summed E-state index contributed by atoms with van der Waals surface area (Å²) in [6.07, 6.45) is 3.36. The highest BCUT2D eigenvalue weighted by Gasteiger charge is 2.48. The van der Waals surface area contributed by atoms with Crippen molar-refractivity contribution in [3.05, 3.63) is 71.8 Å². The number of anilines is 1. The summed E-state index contributed by atoms with van der Waals surface area (Å²) in [5.74, 6) is -1.69. The van der Waals surface area contributed by atoms with Gasteiger partial charge in [0.2, 0.25) is 17.7 Å². The third-order valence-electron chi connectivity index (χ3n) is 6.90. The Hall–Kier alpha value is -3.74. The van der Waals surface area contributed by atoms with Crippen LogP contribution < -0.4 is 9.64 Å². The molecule has 2 saturated heterocycles. The quantitative estimate of drug-likeness (QED) is 0.296. The highest BCUT2D eigenvalue weighted by atomic mass is 16.5. The van der Waals surface area contributed by atoms with Crippen molar-refractivity contribution in [2.75, 3.05) is 11.4 Å². The first kappa shape index (κ1) is 22.1. The number of benzene rings is 2. The van der Waals surface area contributed by atoms with E-state index >= 15 is 0 Å². The number of likely N-dealkylation sites (tertiary alicyclic amines) is 1. The van der Waals surface area contributed by atoms with Crippen LogP contribution in [0.2, 0.25) is 0 Å². The fourth-order valence-corrected chi connectivity index (χ4v) is 5.04. The Kier molecular flexibility index (Phi) is 5.77. The number of carbonyl (C=O) groups is 4. The van der Waals surface area contributed by atoms with Gasteiger partial charge >= 0.3 is 5.97 Å². The van der Waals surface area contributed by atoms with Gasteiger partial charge in [0.05, 0.1) is 23.4 Å². The Morgan fingerprint density at radius 3 is 2.38 bits per heavy atom. The lowest BCUT2D eigenvalue weighted by atomic mass is 9.82. The second-order valence-corrected chi connectivity index (χ2v) is 9.29. The van der Waals surface area contributed by atoms with Crippen LogP contribution in [0.25, 0.3) is 0 Å². The Balaban J connectivity index is 1.21. The summed E-state index contributed by atoms with van der Waals surface area (Å²) < 4.78 is 5.51. The predicted molar refractivity (Wildman–Crippen MR) is 125 cm³/mol. The Bertz CT molecular complexity index is 1170. The van der Waals surface area contributed by atoms with E-state index in [1.54, 1.807) is 29.2 Å². The van der Waals surface area contributed by atoms with Gasteiger partial charge in [-0.05, 0) is 49.6 Å². The van der Waals surface area contributed by atoms with Crippen molar-refractivity contribution in [1.82, 2.24) is 4.90 Å². The first-order chi connectivity index (χ1) is 16.4. The van der Waals surface area contributed by atoms with E-state index in [-0.39, 0.29) is 36.0 Å². The lowest BCUT2D eigenvalue weighted by Gasteiger charge is -2.18. The maximum Gasteiger partial charge on any atom is 0.316 e. The topological polar surface area (TPSA) is 84.0 Å². The highest BCUT2D eigenvalue weighted by Crippen LogP contribution is 2.40. The smallest absolute Gasteiger partial charge is 0.316 e. The first-order valence-corrected chi connectivity index (χ1v) is 11.6. The van der Waals surface area contributed by atoms with Crippen LogP contribution in [-0.2, 0) is 25.7 Å². The van der Waals surface area contributed by atoms with Crippen LogP contribution in [0, 0.1) is 17.8 Å². The molecule has 0 spiro atoms. The van der Waals surface area contributed by atoms with Crippen LogP contribution in [-0.4, -0.2) is 35.1 Å². The van der Waals surface area contributed by atoms with Crippen molar-refractivity contribution in [1.29, 1.82) is 0 Å². The van der Waals surface area contributed by atoms with E-state index < -0.39 is 11.9 Å². The molecule has 2 fully saturated rings. The number of ether oxygens (including phenoxy) is 1. The van der Waals surface area contributed by atoms with Crippen molar-refractivity contribution >= 4 is 29.4 Å². The van der Waals surface area contributed by atoms with Gasteiger partial charge in [-0.25, -0.2) is 0 Å². The summed E-state index contributed by atoms with van der Waals surface area (Å²) in [6, 6.07) is 16.1. The average Bonchev–Trinajstić information content (AvgIpc) is 3.32. The van der Waals surface area contributed by atoms with Crippen LogP contribution >= 0.6 is 0 Å². The van der Waals surface area contributed by atoms with E-state index in [4.69, 9.17) is 4.74 Å². The van der Waals surface area contributed by atoms with E-state index in [1.165, 1.54) is 4.90 Å². The number of fused-ring (bicyclic) bond motifs is 1. The zero-order chi connectivity index (χ0) is 23.8. The molecule has 2 heterocycles. The molecule has 0 bridgehead atoms. The molecule has 0 radical (unpaired) electrons. The molecule has 0 saturated carbocycles. The number of amides is 3. The third-order valence-corrected chi connectivity index (χ3v) is 6.90. The number of carbonyl (C=O) groups excluding carboxylic acids is 4. The lowest BCUT2D eigenvalue weighted by Crippen LogP contribution is -2.30. The second-order valence-electron chi connectivity index (χ2n) is 9.29. The van der Waals surface area contributed by atoms with Crippen LogP contribution in [0.3, 0.4) is 0 Å². The Morgan fingerprint density at radius 1 is 0.941 bits per heavy atom. The molecule has 174 valence electrons. The fourth-order valence-electron chi connectivity index (χ4n) is 5.04. The second kappa shape index (κ2) is 8.89. The predicted octanol–water partition coefficient (Wildman–Crippen LogP) is 3.49. The molecule has 3 atom stereocenters. The molecular formula is C27H26N2O5. The van der Waals surface area contributed by atoms with Crippen molar-refractivity contribution in [3.63, 3.8) is 0 Å². The summed E-state index contributed by atoms with van der Waals surface area (Å²) in [6.45, 7) is 2.77. The number of hydrogen-bond donors (Lipinski definition) is 0. The minimum absolute atomic E-state index is 0.0709. The Morgan fingerprint density at radius 2 is 1.65 bits per heavy atom. The summed E-state index contributed by atoms with van der Waals surface area (Å²) in [5.41, 5.74) is 2.63. The van der Waals surface area contributed by atoms with Gasteiger partial charge in [0.15, 0.2) is 0 Å². The first-order valence-electron chi connectivity index (χ1n) is 11.6. The minimum Gasteiger partial charge on any atom is -0.426 e. The Labute approximate surface area is 198 Å². The van der Waals surface area contributed by atoms with Gasteiger partial charge in [-0.2, -0.15) is 0 Å². The largest absolute Gasteiger partial charge is 0.426 e. The highest BCUT2D eigenvalue weighted by molar-refractivity contribution is 6.22. The average molecular weight is 459 g/mol. The molecule has 2 aromatic carbocycles. The van der Waals surface area contributed by atoms with Gasteiger partial charge in [-0.1, -0.05) is 42.0 Å². The van der Waals surface area contributed by atoms with Gasteiger partial charge in [0, 0.05) is 19.5 Å². The van der Waals surface area contributed by atoms with Crippen molar-refractivity contribution in [2.24, 2.45) is 17.8 Å². The number of imide groups is 1. The standard InChI is InChI=1S/C27H26N2O5/c1-17-7-12-22-23(13-17)26(32)29(25(22)31)20-8-10-21(11-9-20)34-27(33)19-14-24(30)28(16-19)15-18-5-3-2-4-6-18/h2-11,19,22-23H,12-16H2,1H3/t19-,22-,23+/m0/s1. The van der Waals surface area contributed by atoms with E-state index in [0.717, 1.165) is 11.1 Å². The zero-order valence-electron chi connectivity index (χ0n) is 19.0. The maximum atomic E-state index is 12.9. The van der Waals surface area contributed by atoms with Crippen LogP contribution in [0.15, 0.2) is 66.2 Å². The van der Waals surface area contributed by atoms with Gasteiger partial charge in [0.25, 0.3) is 0 Å². The van der Waals surface area contributed by atoms with Gasteiger partial charge < -0.3 is 9.64 Å². The molecule has 3 amide bonds. The summed E-state index contributed by atoms with van der Waals surface area (Å²) in [5, 5.41) is 0. The van der Waals surface area contributed by atoms with Gasteiger partial charge in [-0.3, -0.25) is 24.1 Å². The zero-order valence-corrected chi connectivity index (χ0v) is 19.0. The molecule has 0 N–H and O–H groups in total. The lowest BCUT2D eigenvalue weighted by molar-refractivity contribution is -0.139. The number of nitrogens with zero attached hydrogens (tertiary/aromatic N) is 2. The monoisotopic (exact) mass is 458 g/mol. The molecule has 2 aliphatic heterocycles. The number of esters is 1. The third kappa shape index (κ3) is 4.14. The molecule has 0 aromatic heterocycles. The minimum atomic E-state index is -0.531. The molecule has 1 aliphatic carbocycles. The normalized spacial score (nSPS) is 24.3. The van der Waals surface area contributed by atoms with Crippen molar-refractivity contribution in [3.8, 4) is 5.75 Å². The van der Waals surface area contributed by atoms with E-state index in [0.29, 0.717) is 37.4 Å². The molecule has 0 unspecified atom stereocenters. The van der Waals surface area contributed by atoms with Crippen LogP contribution in [0.5, 0.6) is 5.75 Å².